The number of benzene rings is 1. The molecule has 0 fully saturated rings. The molecule has 9 heteroatoms. The van der Waals surface area contributed by atoms with Crippen molar-refractivity contribution in [1.82, 2.24) is 10.5 Å². The molecule has 0 bridgehead atoms. The zero-order valence-electron chi connectivity index (χ0n) is 10.9. The van der Waals surface area contributed by atoms with Crippen molar-refractivity contribution in [2.45, 2.75) is 6.54 Å². The third kappa shape index (κ3) is 3.29. The number of nitro groups is 1. The number of nitro benzene ring substituents is 1. The number of carbonyl (C=O) groups is 1. The number of halogens is 1. The highest BCUT2D eigenvalue weighted by molar-refractivity contribution is 6.34. The molecule has 2 aromatic rings. The van der Waals surface area contributed by atoms with Crippen molar-refractivity contribution in [2.24, 2.45) is 0 Å². The van der Waals surface area contributed by atoms with Gasteiger partial charge in [-0.15, -0.1) is 0 Å². The van der Waals surface area contributed by atoms with Gasteiger partial charge in [0.05, 0.1) is 22.7 Å². The molecule has 0 atom stereocenters. The van der Waals surface area contributed by atoms with Crippen LogP contribution in [0.2, 0.25) is 5.02 Å². The molecular formula is C12H11ClN4O4. The van der Waals surface area contributed by atoms with Gasteiger partial charge in [-0.05, 0) is 6.07 Å². The molecule has 0 saturated heterocycles. The first-order valence-electron chi connectivity index (χ1n) is 5.86. The molecule has 0 unspecified atom stereocenters. The second kappa shape index (κ2) is 6.23. The predicted octanol–water partition coefficient (Wildman–Crippen LogP) is 2.21. The Morgan fingerprint density at radius 2 is 2.29 bits per heavy atom. The van der Waals surface area contributed by atoms with Gasteiger partial charge in [0.15, 0.2) is 5.76 Å². The number of hydrogen-bond acceptors (Lipinski definition) is 6. The summed E-state index contributed by atoms with van der Waals surface area (Å²) in [4.78, 5) is 22.4. The zero-order chi connectivity index (χ0) is 15.4. The van der Waals surface area contributed by atoms with Gasteiger partial charge in [-0.2, -0.15) is 0 Å². The predicted molar refractivity (Wildman–Crippen MR) is 75.3 cm³/mol. The van der Waals surface area contributed by atoms with Crippen molar-refractivity contribution in [3.8, 4) is 0 Å². The van der Waals surface area contributed by atoms with Crippen LogP contribution in [0.5, 0.6) is 0 Å². The lowest BCUT2D eigenvalue weighted by Crippen LogP contribution is -2.22. The van der Waals surface area contributed by atoms with E-state index in [1.165, 1.54) is 19.3 Å². The number of rotatable bonds is 5. The summed E-state index contributed by atoms with van der Waals surface area (Å²) in [7, 11) is 1.51. The summed E-state index contributed by atoms with van der Waals surface area (Å²) in [5.74, 6) is -0.0326. The Kier molecular flexibility index (Phi) is 4.39. The lowest BCUT2D eigenvalue weighted by Gasteiger charge is -2.08. The molecular weight excluding hydrogens is 300 g/mol. The average molecular weight is 311 g/mol. The number of aromatic nitrogens is 1. The third-order valence-electron chi connectivity index (χ3n) is 2.69. The fourth-order valence-corrected chi connectivity index (χ4v) is 2.03. The molecule has 0 radical (unpaired) electrons. The zero-order valence-corrected chi connectivity index (χ0v) is 11.7. The third-order valence-corrected chi connectivity index (χ3v) is 2.99. The van der Waals surface area contributed by atoms with Crippen LogP contribution in [0, 0.1) is 10.1 Å². The van der Waals surface area contributed by atoms with Crippen LogP contribution in [0.15, 0.2) is 28.9 Å². The number of amides is 1. The normalized spacial score (nSPS) is 10.2. The molecule has 21 heavy (non-hydrogen) atoms. The summed E-state index contributed by atoms with van der Waals surface area (Å²) in [5, 5.41) is 19.8. The minimum absolute atomic E-state index is 0.0882. The molecule has 0 aliphatic rings. The summed E-state index contributed by atoms with van der Waals surface area (Å²) >= 11 is 5.95. The van der Waals surface area contributed by atoms with E-state index in [-0.39, 0.29) is 28.5 Å². The lowest BCUT2D eigenvalue weighted by molar-refractivity contribution is -0.383. The number of nitrogens with one attached hydrogen (secondary N) is 2. The molecule has 1 aromatic carbocycles. The highest BCUT2D eigenvalue weighted by Crippen LogP contribution is 2.33. The van der Waals surface area contributed by atoms with Crippen LogP contribution in [0.1, 0.15) is 16.1 Å². The van der Waals surface area contributed by atoms with Crippen molar-refractivity contribution >= 4 is 28.9 Å². The highest BCUT2D eigenvalue weighted by atomic mass is 35.5. The topological polar surface area (TPSA) is 110 Å². The van der Waals surface area contributed by atoms with Gasteiger partial charge in [0.2, 0.25) is 0 Å². The number of anilines is 1. The second-order valence-corrected chi connectivity index (χ2v) is 4.43. The van der Waals surface area contributed by atoms with Gasteiger partial charge in [-0.1, -0.05) is 16.8 Å². The van der Waals surface area contributed by atoms with E-state index in [0.29, 0.717) is 5.76 Å². The van der Waals surface area contributed by atoms with E-state index in [2.05, 4.69) is 15.8 Å². The molecule has 1 amide bonds. The summed E-state index contributed by atoms with van der Waals surface area (Å²) in [5.41, 5.74) is -0.0199. The molecule has 0 saturated carbocycles. The summed E-state index contributed by atoms with van der Waals surface area (Å²) < 4.78 is 4.83. The smallest absolute Gasteiger partial charge is 0.294 e. The fourth-order valence-electron chi connectivity index (χ4n) is 1.72. The molecule has 8 nitrogen and oxygen atoms in total. The monoisotopic (exact) mass is 310 g/mol. The average Bonchev–Trinajstić information content (AvgIpc) is 2.96. The molecule has 110 valence electrons. The van der Waals surface area contributed by atoms with Crippen LogP contribution in [-0.4, -0.2) is 23.0 Å². The fraction of sp³-hybridized carbons (Fsp3) is 0.167. The van der Waals surface area contributed by atoms with Crippen molar-refractivity contribution in [3.05, 3.63) is 50.9 Å². The first-order valence-corrected chi connectivity index (χ1v) is 6.24. The van der Waals surface area contributed by atoms with Gasteiger partial charge < -0.3 is 15.2 Å². The van der Waals surface area contributed by atoms with Gasteiger partial charge >= 0.3 is 0 Å². The number of hydrogen-bond donors (Lipinski definition) is 2. The van der Waals surface area contributed by atoms with E-state index in [4.69, 9.17) is 16.1 Å². The van der Waals surface area contributed by atoms with Gasteiger partial charge in [-0.3, -0.25) is 14.9 Å². The van der Waals surface area contributed by atoms with Crippen molar-refractivity contribution in [1.29, 1.82) is 0 Å². The van der Waals surface area contributed by atoms with Crippen molar-refractivity contribution < 1.29 is 14.2 Å². The Hall–Kier alpha value is -2.61. The molecule has 1 heterocycles. The molecule has 0 spiro atoms. The van der Waals surface area contributed by atoms with E-state index in [1.54, 1.807) is 6.07 Å². The summed E-state index contributed by atoms with van der Waals surface area (Å²) in [6.07, 6.45) is 1.45. The van der Waals surface area contributed by atoms with E-state index < -0.39 is 10.8 Å². The first-order chi connectivity index (χ1) is 10.0. The largest absolute Gasteiger partial charge is 0.381 e. The van der Waals surface area contributed by atoms with Crippen LogP contribution in [-0.2, 0) is 6.54 Å². The Morgan fingerprint density at radius 1 is 1.52 bits per heavy atom. The second-order valence-electron chi connectivity index (χ2n) is 4.02. The van der Waals surface area contributed by atoms with Crippen LogP contribution in [0.25, 0.3) is 0 Å². The molecule has 0 aliphatic carbocycles. The maximum atomic E-state index is 12.0. The SMILES string of the molecule is CNc1c(Cl)cc(C(=O)NCc2ccno2)cc1[N+](=O)[O-]. The molecule has 2 rings (SSSR count). The van der Waals surface area contributed by atoms with Gasteiger partial charge in [0.1, 0.15) is 5.69 Å². The standard InChI is InChI=1S/C12H11ClN4O4/c1-14-11-9(13)4-7(5-10(11)17(19)20)12(18)15-6-8-2-3-16-21-8/h2-5,14H,6H2,1H3,(H,15,18). The van der Waals surface area contributed by atoms with Crippen LogP contribution < -0.4 is 10.6 Å². The van der Waals surface area contributed by atoms with Crippen LogP contribution in [0.4, 0.5) is 11.4 Å². The van der Waals surface area contributed by atoms with Gasteiger partial charge in [0, 0.05) is 24.7 Å². The summed E-state index contributed by atoms with van der Waals surface area (Å²) in [6.45, 7) is 0.123. The minimum Gasteiger partial charge on any atom is -0.381 e. The van der Waals surface area contributed by atoms with Crippen molar-refractivity contribution in [2.75, 3.05) is 12.4 Å². The Labute approximate surface area is 124 Å². The van der Waals surface area contributed by atoms with E-state index >= 15 is 0 Å². The Balaban J connectivity index is 2.23. The molecule has 0 aliphatic heterocycles. The Bertz CT molecular complexity index is 672. The van der Waals surface area contributed by atoms with Gasteiger partial charge in [-0.25, -0.2) is 0 Å². The quantitative estimate of drug-likeness (QED) is 0.647. The number of nitrogens with zero attached hydrogens (tertiary/aromatic N) is 2. The molecule has 1 aromatic heterocycles. The summed E-state index contributed by atoms with van der Waals surface area (Å²) in [6, 6.07) is 4.11. The highest BCUT2D eigenvalue weighted by Gasteiger charge is 2.20. The maximum absolute atomic E-state index is 12.0. The van der Waals surface area contributed by atoms with Crippen LogP contribution >= 0.6 is 11.6 Å². The van der Waals surface area contributed by atoms with Gasteiger partial charge in [0.25, 0.3) is 11.6 Å². The molecule has 2 N–H and O–H groups in total. The maximum Gasteiger partial charge on any atom is 0.294 e. The van der Waals surface area contributed by atoms with E-state index in [9.17, 15) is 14.9 Å². The minimum atomic E-state index is -0.606. The van der Waals surface area contributed by atoms with E-state index in [1.807, 2.05) is 0 Å². The first kappa shape index (κ1) is 14.8. The lowest BCUT2D eigenvalue weighted by atomic mass is 10.1. The van der Waals surface area contributed by atoms with E-state index in [0.717, 1.165) is 6.07 Å². The van der Waals surface area contributed by atoms with Crippen LogP contribution in [0.3, 0.4) is 0 Å². The van der Waals surface area contributed by atoms with Crippen molar-refractivity contribution in [3.63, 3.8) is 0 Å². The number of carbonyl (C=O) groups excluding carboxylic acids is 1. The Morgan fingerprint density at radius 3 is 2.86 bits per heavy atom.